The molecule has 1 aromatic rings. The summed E-state index contributed by atoms with van der Waals surface area (Å²) < 4.78 is 0. The monoisotopic (exact) mass is 255 g/mol. The molecule has 0 N–H and O–H groups in total. The van der Waals surface area contributed by atoms with Crippen LogP contribution in [0, 0.1) is 0 Å². The topological polar surface area (TPSA) is 12.4 Å². The van der Waals surface area contributed by atoms with E-state index >= 15 is 0 Å². The second-order valence-electron chi connectivity index (χ2n) is 4.46. The highest BCUT2D eigenvalue weighted by Gasteiger charge is 2.14. The molecule has 0 radical (unpaired) electrons. The Morgan fingerprint density at radius 1 is 1.06 bits per heavy atom. The van der Waals surface area contributed by atoms with Crippen LogP contribution in [0.2, 0.25) is 5.02 Å². The average Bonchev–Trinajstić information content (AvgIpc) is 2.61. The van der Waals surface area contributed by atoms with E-state index in [-0.39, 0.29) is 0 Å². The van der Waals surface area contributed by atoms with Gasteiger partial charge in [0.05, 0.1) is 12.3 Å². The number of hydrogen-bond acceptors (Lipinski definition) is 1. The Hall–Kier alpha value is -1.60. The molecular weight excluding hydrogens is 242 g/mol. The summed E-state index contributed by atoms with van der Waals surface area (Å²) in [5.41, 5.74) is 4.60. The van der Waals surface area contributed by atoms with Crippen LogP contribution in [-0.4, -0.2) is 12.3 Å². The van der Waals surface area contributed by atoms with E-state index in [1.165, 1.54) is 11.1 Å². The lowest BCUT2D eigenvalue weighted by atomic mass is 9.94. The Labute approximate surface area is 112 Å². The molecule has 0 unspecified atom stereocenters. The molecule has 18 heavy (non-hydrogen) atoms. The molecule has 1 nitrogen and oxygen atoms in total. The number of allylic oxidation sites excluding steroid dienone is 4. The van der Waals surface area contributed by atoms with Gasteiger partial charge in [-0.05, 0) is 36.1 Å². The number of nitrogens with zero attached hydrogens (tertiary/aromatic N) is 1. The van der Waals surface area contributed by atoms with Crippen LogP contribution in [0.4, 0.5) is 0 Å². The summed E-state index contributed by atoms with van der Waals surface area (Å²) in [4.78, 5) is 4.68. The SMILES string of the molecule is Clc1ccc2c(c1)C(C1=CCCC=C1)=NCC=C2. The molecule has 1 aliphatic carbocycles. The van der Waals surface area contributed by atoms with E-state index in [4.69, 9.17) is 11.6 Å². The van der Waals surface area contributed by atoms with Crippen LogP contribution >= 0.6 is 11.6 Å². The third kappa shape index (κ3) is 2.19. The van der Waals surface area contributed by atoms with Crippen molar-refractivity contribution in [3.8, 4) is 0 Å². The Balaban J connectivity index is 2.12. The lowest BCUT2D eigenvalue weighted by Gasteiger charge is -2.12. The molecule has 0 spiro atoms. The van der Waals surface area contributed by atoms with Crippen LogP contribution in [0.5, 0.6) is 0 Å². The molecule has 0 saturated carbocycles. The number of hydrogen-bond donors (Lipinski definition) is 0. The highest BCUT2D eigenvalue weighted by molar-refractivity contribution is 6.31. The molecule has 3 rings (SSSR count). The van der Waals surface area contributed by atoms with Gasteiger partial charge < -0.3 is 0 Å². The molecule has 0 fully saturated rings. The minimum Gasteiger partial charge on any atom is -0.280 e. The molecule has 90 valence electrons. The van der Waals surface area contributed by atoms with Crippen LogP contribution in [0.1, 0.15) is 24.0 Å². The summed E-state index contributed by atoms with van der Waals surface area (Å²) in [6.07, 6.45) is 13.1. The van der Waals surface area contributed by atoms with Crippen LogP contribution < -0.4 is 0 Å². The van der Waals surface area contributed by atoms with Crippen LogP contribution in [0.25, 0.3) is 6.08 Å². The number of aliphatic imine (C=N–C) groups is 1. The quantitative estimate of drug-likeness (QED) is 0.704. The number of rotatable bonds is 1. The third-order valence-electron chi connectivity index (χ3n) is 3.19. The Kier molecular flexibility index (Phi) is 3.16. The number of benzene rings is 1. The van der Waals surface area contributed by atoms with Gasteiger partial charge in [0.1, 0.15) is 0 Å². The zero-order valence-electron chi connectivity index (χ0n) is 10.1. The largest absolute Gasteiger partial charge is 0.280 e. The average molecular weight is 256 g/mol. The van der Waals surface area contributed by atoms with Gasteiger partial charge >= 0.3 is 0 Å². The fraction of sp³-hybridized carbons (Fsp3) is 0.188. The first kappa shape index (κ1) is 11.5. The van der Waals surface area contributed by atoms with Crippen molar-refractivity contribution in [1.29, 1.82) is 0 Å². The van der Waals surface area contributed by atoms with E-state index in [9.17, 15) is 0 Å². The Morgan fingerprint density at radius 2 is 2.00 bits per heavy atom. The van der Waals surface area contributed by atoms with E-state index in [0.717, 1.165) is 35.7 Å². The summed E-state index contributed by atoms with van der Waals surface area (Å²) in [6.45, 7) is 0.729. The summed E-state index contributed by atoms with van der Waals surface area (Å²) >= 11 is 6.12. The first-order valence-corrected chi connectivity index (χ1v) is 6.60. The molecule has 0 bridgehead atoms. The second kappa shape index (κ2) is 4.95. The number of fused-ring (bicyclic) bond motifs is 1. The minimum absolute atomic E-state index is 0.729. The highest BCUT2D eigenvalue weighted by Crippen LogP contribution is 2.25. The third-order valence-corrected chi connectivity index (χ3v) is 3.43. The van der Waals surface area contributed by atoms with Gasteiger partial charge in [0.25, 0.3) is 0 Å². The molecular formula is C16H14ClN. The van der Waals surface area contributed by atoms with E-state index in [0.29, 0.717) is 0 Å². The summed E-state index contributed by atoms with van der Waals surface area (Å²) in [7, 11) is 0. The van der Waals surface area contributed by atoms with Gasteiger partial charge in [-0.3, -0.25) is 4.99 Å². The predicted octanol–water partition coefficient (Wildman–Crippen LogP) is 4.43. The van der Waals surface area contributed by atoms with Crippen LogP contribution in [-0.2, 0) is 0 Å². The second-order valence-corrected chi connectivity index (χ2v) is 4.90. The zero-order chi connectivity index (χ0) is 12.4. The fourth-order valence-electron chi connectivity index (χ4n) is 2.32. The zero-order valence-corrected chi connectivity index (χ0v) is 10.8. The van der Waals surface area contributed by atoms with Gasteiger partial charge in [-0.1, -0.05) is 48.0 Å². The van der Waals surface area contributed by atoms with Crippen molar-refractivity contribution >= 4 is 23.4 Å². The van der Waals surface area contributed by atoms with E-state index in [1.54, 1.807) is 0 Å². The lowest BCUT2D eigenvalue weighted by molar-refractivity contribution is 1.03. The lowest BCUT2D eigenvalue weighted by Crippen LogP contribution is -2.07. The van der Waals surface area contributed by atoms with Gasteiger partial charge in [0.2, 0.25) is 0 Å². The summed E-state index contributed by atoms with van der Waals surface area (Å²) in [5, 5.41) is 0.761. The molecule has 1 aromatic carbocycles. The van der Waals surface area contributed by atoms with Crippen molar-refractivity contribution in [3.63, 3.8) is 0 Å². The minimum atomic E-state index is 0.729. The van der Waals surface area contributed by atoms with Crippen molar-refractivity contribution in [2.24, 2.45) is 4.99 Å². The number of halogens is 1. The maximum atomic E-state index is 6.12. The predicted molar refractivity (Wildman–Crippen MR) is 78.3 cm³/mol. The highest BCUT2D eigenvalue weighted by atomic mass is 35.5. The van der Waals surface area contributed by atoms with Crippen LogP contribution in [0.3, 0.4) is 0 Å². The molecule has 1 aliphatic heterocycles. The molecule has 1 heterocycles. The van der Waals surface area contributed by atoms with Gasteiger partial charge in [-0.15, -0.1) is 0 Å². The van der Waals surface area contributed by atoms with Crippen molar-refractivity contribution in [1.82, 2.24) is 0 Å². The van der Waals surface area contributed by atoms with Crippen molar-refractivity contribution in [2.75, 3.05) is 6.54 Å². The Morgan fingerprint density at radius 3 is 2.83 bits per heavy atom. The van der Waals surface area contributed by atoms with Crippen molar-refractivity contribution in [2.45, 2.75) is 12.8 Å². The molecule has 0 aromatic heterocycles. The van der Waals surface area contributed by atoms with Crippen LogP contribution in [0.15, 0.2) is 53.1 Å². The van der Waals surface area contributed by atoms with Gasteiger partial charge in [-0.2, -0.15) is 0 Å². The molecule has 0 saturated heterocycles. The maximum absolute atomic E-state index is 6.12. The molecule has 2 heteroatoms. The van der Waals surface area contributed by atoms with E-state index < -0.39 is 0 Å². The van der Waals surface area contributed by atoms with E-state index in [1.807, 2.05) is 12.1 Å². The van der Waals surface area contributed by atoms with E-state index in [2.05, 4.69) is 41.4 Å². The molecule has 0 amide bonds. The van der Waals surface area contributed by atoms with Crippen molar-refractivity contribution < 1.29 is 0 Å². The standard InChI is InChI=1S/C16H14ClN/c17-14-9-8-12-7-4-10-18-16(15(12)11-14)13-5-2-1-3-6-13/h2,4-9,11H,1,3,10H2. The maximum Gasteiger partial charge on any atom is 0.0726 e. The first-order chi connectivity index (χ1) is 8.84. The summed E-state index contributed by atoms with van der Waals surface area (Å²) in [5.74, 6) is 0. The summed E-state index contributed by atoms with van der Waals surface area (Å²) in [6, 6.07) is 6.00. The van der Waals surface area contributed by atoms with Gasteiger partial charge in [-0.25, -0.2) is 0 Å². The molecule has 0 atom stereocenters. The molecule has 2 aliphatic rings. The van der Waals surface area contributed by atoms with Gasteiger partial charge in [0.15, 0.2) is 0 Å². The normalized spacial score (nSPS) is 17.8. The fourth-order valence-corrected chi connectivity index (χ4v) is 2.50. The smallest absolute Gasteiger partial charge is 0.0726 e. The Bertz CT molecular complexity index is 591. The van der Waals surface area contributed by atoms with Crippen molar-refractivity contribution in [3.05, 3.63) is 64.2 Å². The first-order valence-electron chi connectivity index (χ1n) is 6.22. The van der Waals surface area contributed by atoms with Gasteiger partial charge in [0, 0.05) is 10.6 Å².